The molecule has 0 radical (unpaired) electrons. The first kappa shape index (κ1) is 30.9. The van der Waals surface area contributed by atoms with Crippen LogP contribution in [0.4, 0.5) is 5.69 Å². The van der Waals surface area contributed by atoms with Crippen LogP contribution in [0.5, 0.6) is 0 Å². The summed E-state index contributed by atoms with van der Waals surface area (Å²) >= 11 is 1.28. The molecule has 4 rings (SSSR count). The molecule has 0 bridgehead atoms. The Labute approximate surface area is 241 Å². The summed E-state index contributed by atoms with van der Waals surface area (Å²) in [6.45, 7) is 7.09. The van der Waals surface area contributed by atoms with Gasteiger partial charge in [-0.25, -0.2) is 4.72 Å². The summed E-state index contributed by atoms with van der Waals surface area (Å²) in [7, 11) is 4.14. The van der Waals surface area contributed by atoms with Crippen molar-refractivity contribution in [1.29, 1.82) is 0 Å². The molecule has 7 nitrogen and oxygen atoms in total. The lowest BCUT2D eigenvalue weighted by atomic mass is 10.0. The van der Waals surface area contributed by atoms with E-state index < -0.39 is 5.97 Å². The molecular weight excluding hydrogens is 522 g/mol. The minimum atomic E-state index is -0.896. The molecule has 8 heteroatoms. The Morgan fingerprint density at radius 2 is 1.57 bits per heavy atom. The van der Waals surface area contributed by atoms with Crippen molar-refractivity contribution >= 4 is 40.5 Å². The number of nitrogens with zero attached hydrogens (tertiary/aromatic N) is 1. The number of furan rings is 1. The van der Waals surface area contributed by atoms with Crippen molar-refractivity contribution in [3.63, 3.8) is 0 Å². The van der Waals surface area contributed by atoms with Crippen LogP contribution >= 0.6 is 11.9 Å². The van der Waals surface area contributed by atoms with Crippen molar-refractivity contribution in [2.45, 2.75) is 44.9 Å². The Balaban J connectivity index is 0.00000141. The third-order valence-electron chi connectivity index (χ3n) is 6.04. The minimum Gasteiger partial charge on any atom is -0.480 e. The van der Waals surface area contributed by atoms with E-state index in [1.807, 2.05) is 67.6 Å². The van der Waals surface area contributed by atoms with Gasteiger partial charge in [-0.3, -0.25) is 9.59 Å². The summed E-state index contributed by atoms with van der Waals surface area (Å²) in [5, 5.41) is 12.7. The maximum absolute atomic E-state index is 13.1. The van der Waals surface area contributed by atoms with Crippen LogP contribution < -0.4 is 10.0 Å². The van der Waals surface area contributed by atoms with Crippen LogP contribution in [0.15, 0.2) is 76.0 Å². The van der Waals surface area contributed by atoms with Gasteiger partial charge < -0.3 is 19.7 Å². The van der Waals surface area contributed by atoms with Crippen LogP contribution in [0.2, 0.25) is 0 Å². The second-order valence-corrected chi connectivity index (χ2v) is 10.8. The van der Waals surface area contributed by atoms with Gasteiger partial charge in [0.15, 0.2) is 5.76 Å². The number of nitrogens with one attached hydrogen (secondary N) is 2. The zero-order chi connectivity index (χ0) is 29.1. The first-order valence-corrected chi connectivity index (χ1v) is 14.3. The number of carbonyl (C=O) groups excluding carboxylic acids is 1. The quantitative estimate of drug-likeness (QED) is 0.166. The molecule has 0 aliphatic carbocycles. The van der Waals surface area contributed by atoms with E-state index in [0.717, 1.165) is 51.9 Å². The number of hydrogen-bond acceptors (Lipinski definition) is 6. The molecule has 0 unspecified atom stereocenters. The molecule has 1 heterocycles. The fourth-order valence-corrected chi connectivity index (χ4v) is 4.86. The molecule has 4 aromatic rings. The third-order valence-corrected chi connectivity index (χ3v) is 6.84. The van der Waals surface area contributed by atoms with E-state index in [1.54, 1.807) is 0 Å². The van der Waals surface area contributed by atoms with Gasteiger partial charge >= 0.3 is 5.97 Å². The Morgan fingerprint density at radius 1 is 0.950 bits per heavy atom. The molecular formula is C32H39N3O4S. The average Bonchev–Trinajstić information content (AvgIpc) is 3.27. The SMILES string of the molecule is CCC.Cc1c(C(=O)Nc2ccc(-c3ccc(SNCC(=O)O)cc3)cc2)oc2cccc(CCCN(C)C)c12. The lowest BCUT2D eigenvalue weighted by Crippen LogP contribution is -2.15. The number of carboxylic acids is 1. The van der Waals surface area contributed by atoms with Crippen LogP contribution in [0.1, 0.15) is 48.4 Å². The number of carbonyl (C=O) groups is 2. The summed E-state index contributed by atoms with van der Waals surface area (Å²) in [6, 6.07) is 21.5. The van der Waals surface area contributed by atoms with E-state index in [-0.39, 0.29) is 12.5 Å². The normalized spacial score (nSPS) is 10.8. The fraction of sp³-hybridized carbons (Fsp3) is 0.312. The van der Waals surface area contributed by atoms with E-state index in [4.69, 9.17) is 9.52 Å². The Bertz CT molecular complexity index is 1400. The van der Waals surface area contributed by atoms with Crippen LogP contribution in [0.25, 0.3) is 22.1 Å². The number of rotatable bonds is 11. The Hall–Kier alpha value is -3.59. The van der Waals surface area contributed by atoms with Gasteiger partial charge in [0.05, 0.1) is 0 Å². The van der Waals surface area contributed by atoms with Gasteiger partial charge in [-0.05, 0) is 99.4 Å². The first-order chi connectivity index (χ1) is 19.2. The molecule has 1 amide bonds. The average molecular weight is 562 g/mol. The van der Waals surface area contributed by atoms with Crippen molar-refractivity contribution in [1.82, 2.24) is 9.62 Å². The van der Waals surface area contributed by atoms with Crippen LogP contribution in [0, 0.1) is 6.92 Å². The third kappa shape index (κ3) is 8.71. The fourth-order valence-electron chi connectivity index (χ4n) is 4.23. The molecule has 0 aliphatic rings. The number of aliphatic carboxylic acids is 1. The Morgan fingerprint density at radius 3 is 2.17 bits per heavy atom. The molecule has 40 heavy (non-hydrogen) atoms. The number of aryl methyl sites for hydroxylation is 2. The molecule has 0 fully saturated rings. The monoisotopic (exact) mass is 561 g/mol. The second-order valence-electron chi connectivity index (χ2n) is 9.83. The highest BCUT2D eigenvalue weighted by atomic mass is 32.2. The van der Waals surface area contributed by atoms with E-state index >= 15 is 0 Å². The zero-order valence-electron chi connectivity index (χ0n) is 23.9. The number of hydrogen-bond donors (Lipinski definition) is 3. The second kappa shape index (κ2) is 15.3. The lowest BCUT2D eigenvalue weighted by molar-refractivity contribution is -0.135. The summed E-state index contributed by atoms with van der Waals surface area (Å²) in [4.78, 5) is 26.8. The van der Waals surface area contributed by atoms with E-state index in [2.05, 4.69) is 48.9 Å². The molecule has 0 spiro atoms. The summed E-state index contributed by atoms with van der Waals surface area (Å²) in [5.41, 5.74) is 5.52. The van der Waals surface area contributed by atoms with Crippen molar-refractivity contribution < 1.29 is 19.1 Å². The predicted molar refractivity (Wildman–Crippen MR) is 165 cm³/mol. The smallest absolute Gasteiger partial charge is 0.318 e. The minimum absolute atomic E-state index is 0.106. The molecule has 0 saturated heterocycles. The van der Waals surface area contributed by atoms with Crippen molar-refractivity contribution in [3.05, 3.63) is 83.6 Å². The number of amides is 1. The lowest BCUT2D eigenvalue weighted by Gasteiger charge is -2.09. The van der Waals surface area contributed by atoms with Crippen LogP contribution in [-0.2, 0) is 11.2 Å². The topological polar surface area (TPSA) is 94.8 Å². The standard InChI is InChI=1S/C29H31N3O4S.C3H8/c1-19-27-22(7-5-17-32(2)3)6-4-8-25(27)36-28(19)29(35)31-23-13-9-20(10-14-23)21-11-15-24(16-12-21)37-30-18-26(33)34;1-3-2/h4,6,8-16,30H,5,7,17-18H2,1-3H3,(H,31,35)(H,33,34);3H2,1-2H3. The Kier molecular flexibility index (Phi) is 11.8. The highest BCUT2D eigenvalue weighted by molar-refractivity contribution is 7.97. The summed E-state index contributed by atoms with van der Waals surface area (Å²) < 4.78 is 8.78. The summed E-state index contributed by atoms with van der Waals surface area (Å²) in [5.74, 6) is -0.827. The van der Waals surface area contributed by atoms with Crippen molar-refractivity contribution in [3.8, 4) is 11.1 Å². The van der Waals surface area contributed by atoms with Crippen LogP contribution in [-0.4, -0.2) is 49.1 Å². The number of anilines is 1. The van der Waals surface area contributed by atoms with Gasteiger partial charge in [0.2, 0.25) is 0 Å². The van der Waals surface area contributed by atoms with Gasteiger partial charge in [-0.1, -0.05) is 56.7 Å². The zero-order valence-corrected chi connectivity index (χ0v) is 24.7. The van der Waals surface area contributed by atoms with Gasteiger partial charge in [-0.2, -0.15) is 0 Å². The summed E-state index contributed by atoms with van der Waals surface area (Å²) in [6.07, 6.45) is 3.21. The van der Waals surface area contributed by atoms with Crippen molar-refractivity contribution in [2.24, 2.45) is 0 Å². The number of fused-ring (bicyclic) bond motifs is 1. The van der Waals surface area contributed by atoms with Crippen molar-refractivity contribution in [2.75, 3.05) is 32.5 Å². The predicted octanol–water partition coefficient (Wildman–Crippen LogP) is 7.25. The van der Waals surface area contributed by atoms with E-state index in [9.17, 15) is 9.59 Å². The molecule has 0 atom stereocenters. The molecule has 212 valence electrons. The van der Waals surface area contributed by atoms with Crippen LogP contribution in [0.3, 0.4) is 0 Å². The number of benzene rings is 3. The first-order valence-electron chi connectivity index (χ1n) is 13.5. The molecule has 0 saturated carbocycles. The molecule has 0 aliphatic heterocycles. The van der Waals surface area contributed by atoms with E-state index in [0.29, 0.717) is 11.4 Å². The highest BCUT2D eigenvalue weighted by Gasteiger charge is 2.20. The largest absolute Gasteiger partial charge is 0.480 e. The van der Waals surface area contributed by atoms with E-state index in [1.165, 1.54) is 23.9 Å². The number of carboxylic acid groups (broad SMARTS) is 1. The van der Waals surface area contributed by atoms with Gasteiger partial charge in [0.25, 0.3) is 5.91 Å². The van der Waals surface area contributed by atoms with Gasteiger partial charge in [0, 0.05) is 21.5 Å². The maximum Gasteiger partial charge on any atom is 0.318 e. The van der Waals surface area contributed by atoms with Gasteiger partial charge in [0.1, 0.15) is 12.1 Å². The maximum atomic E-state index is 13.1. The molecule has 3 aromatic carbocycles. The molecule has 1 aromatic heterocycles. The highest BCUT2D eigenvalue weighted by Crippen LogP contribution is 2.30. The van der Waals surface area contributed by atoms with Gasteiger partial charge in [-0.15, -0.1) is 0 Å². The molecule has 3 N–H and O–H groups in total.